The number of thiophene rings is 1. The van der Waals surface area contributed by atoms with E-state index in [0.29, 0.717) is 6.61 Å². The molecule has 110 valence electrons. The van der Waals surface area contributed by atoms with Crippen LogP contribution in [0.4, 0.5) is 0 Å². The predicted octanol–water partition coefficient (Wildman–Crippen LogP) is 3.57. The van der Waals surface area contributed by atoms with Crippen LogP contribution in [0.15, 0.2) is 47.8 Å². The fourth-order valence-corrected chi connectivity index (χ4v) is 3.26. The molecular weight excluding hydrogens is 282 g/mol. The summed E-state index contributed by atoms with van der Waals surface area (Å²) >= 11 is 1.51. The molecule has 2 aromatic rings. The average Bonchev–Trinajstić information content (AvgIpc) is 3.08. The van der Waals surface area contributed by atoms with Crippen LogP contribution in [-0.2, 0) is 11.3 Å². The van der Waals surface area contributed by atoms with Gasteiger partial charge in [0, 0.05) is 13.1 Å². The molecule has 1 saturated heterocycles. The third-order valence-electron chi connectivity index (χ3n) is 3.79. The smallest absolute Gasteiger partial charge is 0.263 e. The Labute approximate surface area is 129 Å². The molecule has 0 radical (unpaired) electrons. The lowest BCUT2D eigenvalue weighted by molar-refractivity contribution is -0.000269. The van der Waals surface area contributed by atoms with E-state index in [-0.39, 0.29) is 12.0 Å². The number of rotatable bonds is 4. The molecule has 1 aromatic heterocycles. The lowest BCUT2D eigenvalue weighted by atomic mass is 10.1. The molecule has 1 fully saturated rings. The summed E-state index contributed by atoms with van der Waals surface area (Å²) in [6, 6.07) is 14.0. The normalized spacial score (nSPS) is 16.1. The highest BCUT2D eigenvalue weighted by Gasteiger charge is 2.24. The van der Waals surface area contributed by atoms with Crippen molar-refractivity contribution < 1.29 is 9.53 Å². The number of likely N-dealkylation sites (tertiary alicyclic amines) is 1. The highest BCUT2D eigenvalue weighted by Crippen LogP contribution is 2.19. The number of nitrogens with zero attached hydrogens (tertiary/aromatic N) is 1. The second-order valence-corrected chi connectivity index (χ2v) is 6.21. The SMILES string of the molecule is O=C(c1cccs1)N1CCC(OCc2ccccc2)CC1. The summed E-state index contributed by atoms with van der Waals surface area (Å²) in [5.74, 6) is 0.159. The molecule has 1 aromatic carbocycles. The van der Waals surface area contributed by atoms with Gasteiger partial charge in [0.2, 0.25) is 0 Å². The molecule has 0 spiro atoms. The van der Waals surface area contributed by atoms with Crippen LogP contribution in [0.25, 0.3) is 0 Å². The first-order chi connectivity index (χ1) is 10.3. The van der Waals surface area contributed by atoms with Crippen molar-refractivity contribution in [2.75, 3.05) is 13.1 Å². The Morgan fingerprint density at radius 2 is 1.90 bits per heavy atom. The van der Waals surface area contributed by atoms with E-state index in [9.17, 15) is 4.79 Å². The molecule has 0 aliphatic carbocycles. The number of piperidine rings is 1. The molecule has 0 saturated carbocycles. The van der Waals surface area contributed by atoms with E-state index in [4.69, 9.17) is 4.74 Å². The molecular formula is C17H19NO2S. The number of carbonyl (C=O) groups is 1. The zero-order valence-corrected chi connectivity index (χ0v) is 12.7. The topological polar surface area (TPSA) is 29.5 Å². The number of hydrogen-bond acceptors (Lipinski definition) is 3. The van der Waals surface area contributed by atoms with Crippen molar-refractivity contribution >= 4 is 17.2 Å². The monoisotopic (exact) mass is 301 g/mol. The molecule has 0 bridgehead atoms. The Bertz CT molecular complexity index is 560. The molecule has 1 aliphatic rings. The second-order valence-electron chi connectivity index (χ2n) is 5.27. The Balaban J connectivity index is 1.46. The van der Waals surface area contributed by atoms with Crippen LogP contribution in [0.3, 0.4) is 0 Å². The minimum Gasteiger partial charge on any atom is -0.373 e. The zero-order chi connectivity index (χ0) is 14.5. The molecule has 3 nitrogen and oxygen atoms in total. The summed E-state index contributed by atoms with van der Waals surface area (Å²) in [5, 5.41) is 1.95. The number of carbonyl (C=O) groups excluding carboxylic acids is 1. The van der Waals surface area contributed by atoms with Crippen molar-refractivity contribution in [2.24, 2.45) is 0 Å². The van der Waals surface area contributed by atoms with Gasteiger partial charge in [-0.15, -0.1) is 11.3 Å². The van der Waals surface area contributed by atoms with Crippen LogP contribution in [0.5, 0.6) is 0 Å². The lowest BCUT2D eigenvalue weighted by Gasteiger charge is -2.31. The van der Waals surface area contributed by atoms with Crippen molar-refractivity contribution in [3.05, 3.63) is 58.3 Å². The van der Waals surface area contributed by atoms with Crippen LogP contribution in [-0.4, -0.2) is 30.0 Å². The maximum atomic E-state index is 12.2. The predicted molar refractivity (Wildman–Crippen MR) is 84.5 cm³/mol. The standard InChI is InChI=1S/C17H19NO2S/c19-17(16-7-4-12-21-16)18-10-8-15(9-11-18)20-13-14-5-2-1-3-6-14/h1-7,12,15H,8-11,13H2. The van der Waals surface area contributed by atoms with Crippen LogP contribution < -0.4 is 0 Å². The minimum atomic E-state index is 0.159. The Kier molecular flexibility index (Phi) is 4.68. The van der Waals surface area contributed by atoms with E-state index in [1.165, 1.54) is 16.9 Å². The molecule has 1 amide bonds. The van der Waals surface area contributed by atoms with Gasteiger partial charge in [0.15, 0.2) is 0 Å². The van der Waals surface area contributed by atoms with Crippen LogP contribution in [0.1, 0.15) is 28.1 Å². The fraction of sp³-hybridized carbons (Fsp3) is 0.353. The van der Waals surface area contributed by atoms with Crippen molar-refractivity contribution in [1.82, 2.24) is 4.90 Å². The van der Waals surface area contributed by atoms with Gasteiger partial charge in [0.1, 0.15) is 0 Å². The summed E-state index contributed by atoms with van der Waals surface area (Å²) in [4.78, 5) is 15.0. The maximum Gasteiger partial charge on any atom is 0.263 e. The average molecular weight is 301 g/mol. The van der Waals surface area contributed by atoms with Crippen LogP contribution in [0.2, 0.25) is 0 Å². The van der Waals surface area contributed by atoms with Gasteiger partial charge < -0.3 is 9.64 Å². The van der Waals surface area contributed by atoms with Crippen LogP contribution >= 0.6 is 11.3 Å². The first kappa shape index (κ1) is 14.3. The molecule has 21 heavy (non-hydrogen) atoms. The van der Waals surface area contributed by atoms with Gasteiger partial charge in [0.05, 0.1) is 17.6 Å². The maximum absolute atomic E-state index is 12.2. The fourth-order valence-electron chi connectivity index (χ4n) is 2.57. The van der Waals surface area contributed by atoms with Gasteiger partial charge in [-0.25, -0.2) is 0 Å². The van der Waals surface area contributed by atoms with E-state index in [2.05, 4.69) is 12.1 Å². The van der Waals surface area contributed by atoms with Crippen LogP contribution in [0, 0.1) is 0 Å². The molecule has 2 heterocycles. The lowest BCUT2D eigenvalue weighted by Crippen LogP contribution is -2.40. The van der Waals surface area contributed by atoms with Gasteiger partial charge in [-0.2, -0.15) is 0 Å². The molecule has 0 unspecified atom stereocenters. The van der Waals surface area contributed by atoms with Gasteiger partial charge in [-0.05, 0) is 29.9 Å². The van der Waals surface area contributed by atoms with Crippen molar-refractivity contribution in [1.29, 1.82) is 0 Å². The number of hydrogen-bond donors (Lipinski definition) is 0. The van der Waals surface area contributed by atoms with Crippen molar-refractivity contribution in [3.63, 3.8) is 0 Å². The number of benzene rings is 1. The van der Waals surface area contributed by atoms with E-state index in [1.54, 1.807) is 0 Å². The molecule has 3 rings (SSSR count). The van der Waals surface area contributed by atoms with E-state index >= 15 is 0 Å². The summed E-state index contributed by atoms with van der Waals surface area (Å²) in [6.07, 6.45) is 2.10. The van der Waals surface area contributed by atoms with E-state index in [1.807, 2.05) is 40.6 Å². The molecule has 0 atom stereocenters. The largest absolute Gasteiger partial charge is 0.373 e. The molecule has 1 aliphatic heterocycles. The van der Waals surface area contributed by atoms with Gasteiger partial charge in [-0.1, -0.05) is 36.4 Å². The highest BCUT2D eigenvalue weighted by atomic mass is 32.1. The van der Waals surface area contributed by atoms with E-state index < -0.39 is 0 Å². The minimum absolute atomic E-state index is 0.159. The van der Waals surface area contributed by atoms with Gasteiger partial charge in [0.25, 0.3) is 5.91 Å². The summed E-state index contributed by atoms with van der Waals surface area (Å²) in [6.45, 7) is 2.23. The highest BCUT2D eigenvalue weighted by molar-refractivity contribution is 7.12. The zero-order valence-electron chi connectivity index (χ0n) is 11.9. The third-order valence-corrected chi connectivity index (χ3v) is 4.65. The van der Waals surface area contributed by atoms with Crippen molar-refractivity contribution in [3.8, 4) is 0 Å². The van der Waals surface area contributed by atoms with E-state index in [0.717, 1.165) is 30.8 Å². The Hall–Kier alpha value is -1.65. The number of amides is 1. The summed E-state index contributed by atoms with van der Waals surface area (Å²) < 4.78 is 5.95. The van der Waals surface area contributed by atoms with Crippen molar-refractivity contribution in [2.45, 2.75) is 25.6 Å². The summed E-state index contributed by atoms with van der Waals surface area (Å²) in [5.41, 5.74) is 1.20. The third kappa shape index (κ3) is 3.71. The first-order valence-corrected chi connectivity index (χ1v) is 8.19. The van der Waals surface area contributed by atoms with Gasteiger partial charge in [-0.3, -0.25) is 4.79 Å². The molecule has 0 N–H and O–H groups in total. The van der Waals surface area contributed by atoms with Gasteiger partial charge >= 0.3 is 0 Å². The number of ether oxygens (including phenoxy) is 1. The second kappa shape index (κ2) is 6.87. The first-order valence-electron chi connectivity index (χ1n) is 7.31. The quantitative estimate of drug-likeness (QED) is 0.864. The Morgan fingerprint density at radius 1 is 1.14 bits per heavy atom. The summed E-state index contributed by atoms with van der Waals surface area (Å²) in [7, 11) is 0. The Morgan fingerprint density at radius 3 is 2.57 bits per heavy atom. The molecule has 4 heteroatoms.